The zero-order chi connectivity index (χ0) is 22.7. The number of likely N-dealkylation sites (tertiary alicyclic amines) is 1. The number of carboxylic acids is 1. The van der Waals surface area contributed by atoms with E-state index in [1.807, 2.05) is 30.3 Å². The van der Waals surface area contributed by atoms with E-state index in [1.54, 1.807) is 6.07 Å². The van der Waals surface area contributed by atoms with Crippen LogP contribution in [0.4, 0.5) is 9.52 Å². The van der Waals surface area contributed by atoms with Gasteiger partial charge in [-0.1, -0.05) is 35.5 Å². The Labute approximate surface area is 191 Å². The predicted octanol–water partition coefficient (Wildman–Crippen LogP) is 4.75. The fraction of sp³-hybridized carbons (Fsp3) is 0.360. The van der Waals surface area contributed by atoms with Gasteiger partial charge in [-0.2, -0.15) is 0 Å². The molecule has 0 spiro atoms. The first-order valence-corrected chi connectivity index (χ1v) is 11.5. The zero-order valence-corrected chi connectivity index (χ0v) is 19.1. The van der Waals surface area contributed by atoms with Gasteiger partial charge in [-0.3, -0.25) is 4.90 Å². The van der Waals surface area contributed by atoms with Crippen molar-refractivity contribution in [3.05, 3.63) is 59.4 Å². The van der Waals surface area contributed by atoms with Crippen LogP contribution in [0.3, 0.4) is 0 Å². The number of benzene rings is 2. The number of carboxylic acid groups (broad SMARTS) is 1. The van der Waals surface area contributed by atoms with Crippen LogP contribution in [0.15, 0.2) is 42.5 Å². The number of nitrogens with zero attached hydrogens (tertiary/aromatic N) is 3. The summed E-state index contributed by atoms with van der Waals surface area (Å²) in [6.45, 7) is 7.98. The van der Waals surface area contributed by atoms with Crippen molar-refractivity contribution < 1.29 is 14.3 Å². The number of thiazole rings is 1. The minimum Gasteiger partial charge on any atom is -0.472 e. The summed E-state index contributed by atoms with van der Waals surface area (Å²) < 4.78 is 14.9. The Balaban J connectivity index is 1.57. The SMILES string of the molecule is CC1(C)CCCN1CCN(Cc1ccc(C#CC(=O)O)cc1)c1nc2cccc(F)c2s1. The summed E-state index contributed by atoms with van der Waals surface area (Å²) >= 11 is 1.38. The third-order valence-corrected chi connectivity index (χ3v) is 7.12. The first-order valence-electron chi connectivity index (χ1n) is 10.7. The highest BCUT2D eigenvalue weighted by Gasteiger charge is 2.31. The lowest BCUT2D eigenvalue weighted by atomic mass is 10.0. The minimum absolute atomic E-state index is 0.190. The van der Waals surface area contributed by atoms with E-state index in [4.69, 9.17) is 10.1 Å². The van der Waals surface area contributed by atoms with Crippen molar-refractivity contribution in [2.24, 2.45) is 0 Å². The van der Waals surface area contributed by atoms with Crippen molar-refractivity contribution >= 4 is 32.7 Å². The summed E-state index contributed by atoms with van der Waals surface area (Å²) in [4.78, 5) is 20.1. The molecule has 0 saturated carbocycles. The van der Waals surface area contributed by atoms with Crippen LogP contribution in [0.1, 0.15) is 37.8 Å². The lowest BCUT2D eigenvalue weighted by Gasteiger charge is -2.33. The van der Waals surface area contributed by atoms with Gasteiger partial charge >= 0.3 is 5.97 Å². The summed E-state index contributed by atoms with van der Waals surface area (Å²) in [7, 11) is 0. The molecule has 1 N–H and O–H groups in total. The lowest BCUT2D eigenvalue weighted by molar-refractivity contribution is -0.130. The average molecular weight is 452 g/mol. The van der Waals surface area contributed by atoms with Crippen LogP contribution in [0.5, 0.6) is 0 Å². The van der Waals surface area contributed by atoms with Crippen molar-refractivity contribution in [1.29, 1.82) is 0 Å². The molecule has 5 nitrogen and oxygen atoms in total. The largest absolute Gasteiger partial charge is 0.472 e. The van der Waals surface area contributed by atoms with Gasteiger partial charge in [-0.15, -0.1) is 0 Å². The summed E-state index contributed by atoms with van der Waals surface area (Å²) in [6.07, 6.45) is 2.40. The van der Waals surface area contributed by atoms with Gasteiger partial charge in [0.25, 0.3) is 0 Å². The molecule has 0 aliphatic carbocycles. The second-order valence-corrected chi connectivity index (χ2v) is 9.64. The molecule has 0 radical (unpaired) electrons. The van der Waals surface area contributed by atoms with Gasteiger partial charge in [-0.05, 0) is 63.1 Å². The molecule has 1 aliphatic rings. The number of aromatic nitrogens is 1. The minimum atomic E-state index is -1.15. The summed E-state index contributed by atoms with van der Waals surface area (Å²) in [6, 6.07) is 12.6. The molecular formula is C25H26FN3O2S. The number of anilines is 1. The second kappa shape index (κ2) is 9.27. The van der Waals surface area contributed by atoms with Crippen molar-refractivity contribution in [2.75, 3.05) is 24.5 Å². The normalized spacial score (nSPS) is 15.5. The maximum Gasteiger partial charge on any atom is 0.382 e. The van der Waals surface area contributed by atoms with Crippen LogP contribution in [0.2, 0.25) is 0 Å². The number of fused-ring (bicyclic) bond motifs is 1. The molecule has 4 rings (SSSR count). The second-order valence-electron chi connectivity index (χ2n) is 8.66. The molecule has 0 amide bonds. The van der Waals surface area contributed by atoms with Crippen molar-refractivity contribution in [1.82, 2.24) is 9.88 Å². The van der Waals surface area contributed by atoms with E-state index in [0.717, 1.165) is 30.3 Å². The van der Waals surface area contributed by atoms with Gasteiger partial charge < -0.3 is 10.0 Å². The van der Waals surface area contributed by atoms with Crippen LogP contribution >= 0.6 is 11.3 Å². The first-order chi connectivity index (χ1) is 15.3. The monoisotopic (exact) mass is 451 g/mol. The highest BCUT2D eigenvalue weighted by atomic mass is 32.1. The molecule has 0 unspecified atom stereocenters. The highest BCUT2D eigenvalue weighted by molar-refractivity contribution is 7.22. The van der Waals surface area contributed by atoms with Gasteiger partial charge in [0.2, 0.25) is 0 Å². The maximum atomic E-state index is 14.3. The van der Waals surface area contributed by atoms with Crippen molar-refractivity contribution in [2.45, 2.75) is 38.8 Å². The summed E-state index contributed by atoms with van der Waals surface area (Å²) in [5, 5.41) is 9.53. The molecule has 1 aromatic heterocycles. The van der Waals surface area contributed by atoms with E-state index in [2.05, 4.69) is 35.5 Å². The predicted molar refractivity (Wildman–Crippen MR) is 126 cm³/mol. The quantitative estimate of drug-likeness (QED) is 0.548. The molecule has 0 atom stereocenters. The Kier molecular flexibility index (Phi) is 6.45. The molecule has 7 heteroatoms. The molecule has 32 heavy (non-hydrogen) atoms. The van der Waals surface area contributed by atoms with Crippen LogP contribution in [0, 0.1) is 17.7 Å². The fourth-order valence-electron chi connectivity index (χ4n) is 4.14. The molecule has 0 bridgehead atoms. The summed E-state index contributed by atoms with van der Waals surface area (Å²) in [5.41, 5.74) is 2.58. The van der Waals surface area contributed by atoms with E-state index in [9.17, 15) is 9.18 Å². The van der Waals surface area contributed by atoms with Crippen LogP contribution in [0.25, 0.3) is 10.2 Å². The topological polar surface area (TPSA) is 56.7 Å². The average Bonchev–Trinajstić information content (AvgIpc) is 3.34. The Morgan fingerprint density at radius 1 is 1.28 bits per heavy atom. The van der Waals surface area contributed by atoms with E-state index < -0.39 is 5.97 Å². The summed E-state index contributed by atoms with van der Waals surface area (Å²) in [5.74, 6) is 3.38. The van der Waals surface area contributed by atoms with Crippen molar-refractivity contribution in [3.8, 4) is 11.8 Å². The number of hydrogen-bond acceptors (Lipinski definition) is 5. The number of carbonyl (C=O) groups is 1. The van der Waals surface area contributed by atoms with Crippen LogP contribution < -0.4 is 4.90 Å². The molecule has 1 aliphatic heterocycles. The first kappa shape index (κ1) is 22.3. The Morgan fingerprint density at radius 3 is 2.72 bits per heavy atom. The van der Waals surface area contributed by atoms with E-state index in [1.165, 1.54) is 30.2 Å². The molecule has 1 saturated heterocycles. The Hall–Kier alpha value is -2.95. The van der Waals surface area contributed by atoms with E-state index >= 15 is 0 Å². The highest BCUT2D eigenvalue weighted by Crippen LogP contribution is 2.32. The molecule has 166 valence electrons. The molecule has 2 heterocycles. The van der Waals surface area contributed by atoms with Crippen LogP contribution in [-0.4, -0.2) is 46.1 Å². The van der Waals surface area contributed by atoms with E-state index in [0.29, 0.717) is 22.3 Å². The molecule has 3 aromatic rings. The number of aliphatic carboxylic acids is 1. The number of rotatable bonds is 6. The fourth-order valence-corrected chi connectivity index (χ4v) is 5.14. The third-order valence-electron chi connectivity index (χ3n) is 5.98. The van der Waals surface area contributed by atoms with Crippen molar-refractivity contribution in [3.63, 3.8) is 0 Å². The zero-order valence-electron chi connectivity index (χ0n) is 18.3. The van der Waals surface area contributed by atoms with E-state index in [-0.39, 0.29) is 11.4 Å². The Morgan fingerprint density at radius 2 is 2.06 bits per heavy atom. The Bertz CT molecular complexity index is 1180. The molecule has 2 aromatic carbocycles. The smallest absolute Gasteiger partial charge is 0.382 e. The standard InChI is InChI=1S/C25H26FN3O2S/c1-25(2)13-4-14-29(25)16-15-28(24-27-21-6-3-5-20(26)23(21)32-24)17-19-9-7-18(8-10-19)11-12-22(30)31/h3,5-10H,4,13-17H2,1-2H3,(H,30,31). The van der Waals surface area contributed by atoms with Gasteiger partial charge in [0.1, 0.15) is 5.82 Å². The number of halogens is 1. The van der Waals surface area contributed by atoms with Gasteiger partial charge in [0, 0.05) is 36.7 Å². The molecule has 1 fully saturated rings. The number of hydrogen-bond donors (Lipinski definition) is 1. The maximum absolute atomic E-state index is 14.3. The lowest BCUT2D eigenvalue weighted by Crippen LogP contribution is -2.43. The molecular weight excluding hydrogens is 425 g/mol. The van der Waals surface area contributed by atoms with Gasteiger partial charge in [-0.25, -0.2) is 14.2 Å². The third kappa shape index (κ3) is 5.09. The van der Waals surface area contributed by atoms with Crippen LogP contribution in [-0.2, 0) is 11.3 Å². The van der Waals surface area contributed by atoms with Gasteiger partial charge in [0.05, 0.1) is 10.2 Å². The van der Waals surface area contributed by atoms with Gasteiger partial charge in [0.15, 0.2) is 5.13 Å².